The van der Waals surface area contributed by atoms with Gasteiger partial charge in [-0.05, 0) is 18.4 Å². The van der Waals surface area contributed by atoms with E-state index >= 15 is 0 Å². The van der Waals surface area contributed by atoms with Crippen LogP contribution in [0.4, 0.5) is 4.39 Å². The quantitative estimate of drug-likeness (QED) is 0.831. The molecule has 84 valence electrons. The average Bonchev–Trinajstić information content (AvgIpc) is 2.21. The van der Waals surface area contributed by atoms with Crippen LogP contribution in [0.1, 0.15) is 38.4 Å². The van der Waals surface area contributed by atoms with Crippen molar-refractivity contribution in [2.75, 3.05) is 0 Å². The number of halogens is 2. The average molecular weight is 231 g/mol. The van der Waals surface area contributed by atoms with Gasteiger partial charge in [0.1, 0.15) is 5.82 Å². The third kappa shape index (κ3) is 2.93. The van der Waals surface area contributed by atoms with E-state index in [1.807, 2.05) is 13.8 Å². The van der Waals surface area contributed by atoms with Gasteiger partial charge in [0.05, 0.1) is 11.1 Å². The van der Waals surface area contributed by atoms with Gasteiger partial charge in [0.2, 0.25) is 0 Å². The number of benzene rings is 1. The molecule has 1 aromatic carbocycles. The lowest BCUT2D eigenvalue weighted by atomic mass is 9.93. The molecule has 2 atom stereocenters. The first-order valence-electron chi connectivity index (χ1n) is 5.19. The normalized spacial score (nSPS) is 15.0. The molecule has 0 aromatic heterocycles. The first-order valence-corrected chi connectivity index (χ1v) is 5.57. The summed E-state index contributed by atoms with van der Waals surface area (Å²) in [6.07, 6.45) is 1.07. The zero-order valence-corrected chi connectivity index (χ0v) is 9.76. The Kier molecular flexibility index (Phi) is 4.55. The van der Waals surface area contributed by atoms with Crippen LogP contribution < -0.4 is 0 Å². The van der Waals surface area contributed by atoms with Crippen LogP contribution in [0.3, 0.4) is 0 Å². The van der Waals surface area contributed by atoms with Gasteiger partial charge in [-0.25, -0.2) is 4.39 Å². The highest BCUT2D eigenvalue weighted by atomic mass is 35.5. The van der Waals surface area contributed by atoms with Crippen molar-refractivity contribution in [1.82, 2.24) is 0 Å². The molecule has 0 spiro atoms. The summed E-state index contributed by atoms with van der Waals surface area (Å²) in [7, 11) is 0. The van der Waals surface area contributed by atoms with Gasteiger partial charge in [-0.2, -0.15) is 0 Å². The second-order valence-corrected chi connectivity index (χ2v) is 4.26. The summed E-state index contributed by atoms with van der Waals surface area (Å²) in [5.41, 5.74) is 0.295. The zero-order valence-electron chi connectivity index (χ0n) is 9.00. The number of hydrogen-bond acceptors (Lipinski definition) is 1. The molecule has 15 heavy (non-hydrogen) atoms. The molecule has 2 unspecified atom stereocenters. The summed E-state index contributed by atoms with van der Waals surface area (Å²) in [6, 6.07) is 4.72. The number of hydrogen-bond donors (Lipinski definition) is 1. The van der Waals surface area contributed by atoms with E-state index in [4.69, 9.17) is 11.6 Å². The number of rotatable bonds is 4. The Morgan fingerprint density at radius 1 is 1.47 bits per heavy atom. The molecule has 1 rings (SSSR count). The summed E-state index contributed by atoms with van der Waals surface area (Å²) >= 11 is 5.65. The Labute approximate surface area is 94.9 Å². The van der Waals surface area contributed by atoms with Crippen LogP contribution in [-0.4, -0.2) is 5.11 Å². The van der Waals surface area contributed by atoms with Gasteiger partial charge in [-0.15, -0.1) is 0 Å². The molecular weight excluding hydrogens is 215 g/mol. The van der Waals surface area contributed by atoms with Crippen LogP contribution in [-0.2, 0) is 0 Å². The van der Waals surface area contributed by atoms with Gasteiger partial charge < -0.3 is 5.11 Å². The highest BCUT2D eigenvalue weighted by Gasteiger charge is 2.20. The lowest BCUT2D eigenvalue weighted by Gasteiger charge is -2.19. The van der Waals surface area contributed by atoms with Crippen LogP contribution in [0.5, 0.6) is 0 Å². The van der Waals surface area contributed by atoms with E-state index in [1.165, 1.54) is 6.07 Å². The van der Waals surface area contributed by atoms with Gasteiger partial charge >= 0.3 is 0 Å². The molecule has 1 N–H and O–H groups in total. The van der Waals surface area contributed by atoms with Crippen molar-refractivity contribution in [3.05, 3.63) is 34.6 Å². The van der Waals surface area contributed by atoms with Gasteiger partial charge in [0.25, 0.3) is 0 Å². The predicted octanol–water partition coefficient (Wildman–Crippen LogP) is 3.95. The third-order valence-electron chi connectivity index (χ3n) is 2.58. The molecule has 3 heteroatoms. The van der Waals surface area contributed by atoms with E-state index in [9.17, 15) is 9.50 Å². The maximum Gasteiger partial charge on any atom is 0.147 e. The number of aliphatic hydroxyl groups is 1. The molecule has 0 saturated carbocycles. The van der Waals surface area contributed by atoms with E-state index in [2.05, 4.69) is 0 Å². The lowest BCUT2D eigenvalue weighted by Crippen LogP contribution is -2.10. The molecule has 0 fully saturated rings. The standard InChI is InChI=1S/C12H16ClFO/c1-3-5-8(2)12(15)9-6-4-7-10(13)11(9)14/h4,6-8,12,15H,3,5H2,1-2H3. The van der Waals surface area contributed by atoms with Crippen molar-refractivity contribution in [2.24, 2.45) is 5.92 Å². The lowest BCUT2D eigenvalue weighted by molar-refractivity contribution is 0.108. The summed E-state index contributed by atoms with van der Waals surface area (Å²) < 4.78 is 13.6. The highest BCUT2D eigenvalue weighted by Crippen LogP contribution is 2.29. The Balaban J connectivity index is 2.90. The first-order chi connectivity index (χ1) is 7.07. The first kappa shape index (κ1) is 12.5. The second-order valence-electron chi connectivity index (χ2n) is 3.85. The fourth-order valence-electron chi connectivity index (χ4n) is 1.67. The largest absolute Gasteiger partial charge is 0.388 e. The van der Waals surface area contributed by atoms with Gasteiger partial charge in [-0.3, -0.25) is 0 Å². The Morgan fingerprint density at radius 3 is 2.73 bits per heavy atom. The summed E-state index contributed by atoms with van der Waals surface area (Å²) in [5.74, 6) is -0.461. The van der Waals surface area contributed by atoms with Crippen LogP contribution in [0.25, 0.3) is 0 Å². The minimum Gasteiger partial charge on any atom is -0.388 e. The number of aliphatic hydroxyl groups excluding tert-OH is 1. The van der Waals surface area contributed by atoms with Gasteiger partial charge in [0.15, 0.2) is 0 Å². The molecule has 0 aliphatic heterocycles. The Hall–Kier alpha value is -0.600. The Morgan fingerprint density at radius 2 is 2.13 bits per heavy atom. The fraction of sp³-hybridized carbons (Fsp3) is 0.500. The van der Waals surface area contributed by atoms with E-state index < -0.39 is 11.9 Å². The molecule has 1 nitrogen and oxygen atoms in total. The maximum atomic E-state index is 13.6. The van der Waals surface area contributed by atoms with Crippen LogP contribution in [0.2, 0.25) is 5.02 Å². The van der Waals surface area contributed by atoms with Crippen molar-refractivity contribution in [1.29, 1.82) is 0 Å². The predicted molar refractivity (Wildman–Crippen MR) is 60.4 cm³/mol. The van der Waals surface area contributed by atoms with Crippen molar-refractivity contribution >= 4 is 11.6 Å². The van der Waals surface area contributed by atoms with Gasteiger partial charge in [0, 0.05) is 5.56 Å². The maximum absolute atomic E-state index is 13.6. The Bertz CT molecular complexity index is 327. The van der Waals surface area contributed by atoms with Crippen LogP contribution in [0, 0.1) is 11.7 Å². The summed E-state index contributed by atoms with van der Waals surface area (Å²) in [4.78, 5) is 0. The smallest absolute Gasteiger partial charge is 0.147 e. The van der Waals surface area contributed by atoms with Gasteiger partial charge in [-0.1, -0.05) is 44.0 Å². The van der Waals surface area contributed by atoms with Crippen molar-refractivity contribution < 1.29 is 9.50 Å². The minimum atomic E-state index is -0.774. The van der Waals surface area contributed by atoms with Crippen LogP contribution >= 0.6 is 11.6 Å². The minimum absolute atomic E-state index is 0.0444. The second kappa shape index (κ2) is 5.47. The summed E-state index contributed by atoms with van der Waals surface area (Å²) in [5, 5.41) is 9.99. The molecule has 0 heterocycles. The van der Waals surface area contributed by atoms with E-state index in [1.54, 1.807) is 12.1 Å². The fourth-order valence-corrected chi connectivity index (χ4v) is 1.85. The molecule has 0 bridgehead atoms. The molecule has 0 amide bonds. The molecule has 0 saturated heterocycles. The third-order valence-corrected chi connectivity index (χ3v) is 2.88. The van der Waals surface area contributed by atoms with E-state index in [-0.39, 0.29) is 10.9 Å². The van der Waals surface area contributed by atoms with E-state index in [0.29, 0.717) is 5.56 Å². The molecular formula is C12H16ClFO. The topological polar surface area (TPSA) is 20.2 Å². The summed E-state index contributed by atoms with van der Waals surface area (Å²) in [6.45, 7) is 3.95. The molecule has 0 aliphatic rings. The van der Waals surface area contributed by atoms with Crippen molar-refractivity contribution in [3.63, 3.8) is 0 Å². The van der Waals surface area contributed by atoms with E-state index in [0.717, 1.165) is 12.8 Å². The molecule has 0 radical (unpaired) electrons. The molecule has 1 aromatic rings. The zero-order chi connectivity index (χ0) is 11.4. The van der Waals surface area contributed by atoms with Crippen molar-refractivity contribution in [3.8, 4) is 0 Å². The SMILES string of the molecule is CCCC(C)C(O)c1cccc(Cl)c1F. The van der Waals surface area contributed by atoms with Crippen LogP contribution in [0.15, 0.2) is 18.2 Å². The highest BCUT2D eigenvalue weighted by molar-refractivity contribution is 6.30. The monoisotopic (exact) mass is 230 g/mol. The van der Waals surface area contributed by atoms with Crippen molar-refractivity contribution in [2.45, 2.75) is 32.8 Å². The molecule has 0 aliphatic carbocycles.